The molecule has 0 bridgehead atoms. The first kappa shape index (κ1) is 16.2. The second kappa shape index (κ2) is 11.2. The first-order chi connectivity index (χ1) is 3.46. The molecule has 6 nitrogen and oxygen atoms in total. The Hall–Kier alpha value is 0.340. The summed E-state index contributed by atoms with van der Waals surface area (Å²) in [7, 11) is 0. The van der Waals surface area contributed by atoms with Gasteiger partial charge in [-0.3, -0.25) is 9.11 Å². The van der Waals surface area contributed by atoms with Crippen LogP contribution in [0.3, 0.4) is 0 Å². The van der Waals surface area contributed by atoms with Crippen LogP contribution >= 0.6 is 0 Å². The zero-order chi connectivity index (χ0) is 7.15. The van der Waals surface area contributed by atoms with Crippen LogP contribution in [0.1, 0.15) is 0 Å². The van der Waals surface area contributed by atoms with E-state index < -0.39 is 17.5 Å². The van der Waals surface area contributed by atoms with E-state index in [-0.39, 0.29) is 29.6 Å². The Balaban J connectivity index is -0.0000000720. The van der Waals surface area contributed by atoms with Gasteiger partial charge in [0.1, 0.15) is 0 Å². The Morgan fingerprint density at radius 3 is 1.22 bits per heavy atom. The van der Waals surface area contributed by atoms with Crippen LogP contribution in [0, 0.1) is 0 Å². The van der Waals surface area contributed by atoms with E-state index in [2.05, 4.69) is 0 Å². The standard InChI is InChI=1S/CH2O3.Na.H2O3S.H/c2-1(3)4;;1-4(2)3;/h(H2,2,3,4);;(H2,1,2,3);. The normalized spacial score (nSPS) is 6.56. The van der Waals surface area contributed by atoms with Gasteiger partial charge in [-0.25, -0.2) is 4.79 Å². The molecular formula is CH5NaO6S. The Morgan fingerprint density at radius 2 is 1.22 bits per heavy atom. The van der Waals surface area contributed by atoms with E-state index in [1.807, 2.05) is 0 Å². The van der Waals surface area contributed by atoms with Crippen molar-refractivity contribution in [2.24, 2.45) is 0 Å². The predicted molar refractivity (Wildman–Crippen MR) is 31.2 cm³/mol. The van der Waals surface area contributed by atoms with Gasteiger partial charge >= 0.3 is 35.7 Å². The molecule has 0 aromatic heterocycles. The number of hydrogen-bond donors (Lipinski definition) is 4. The summed E-state index contributed by atoms with van der Waals surface area (Å²) in [4.78, 5) is 8.56. The second-order valence-electron chi connectivity index (χ2n) is 0.513. The summed E-state index contributed by atoms with van der Waals surface area (Å²) < 4.78 is 22.8. The molecule has 0 amide bonds. The Kier molecular flexibility index (Phi) is 20.1. The maximum atomic E-state index is 8.67. The zero-order valence-electron chi connectivity index (χ0n) is 3.51. The third-order valence-electron chi connectivity index (χ3n) is 0. The van der Waals surface area contributed by atoms with E-state index in [0.29, 0.717) is 0 Å². The van der Waals surface area contributed by atoms with Crippen molar-refractivity contribution in [1.82, 2.24) is 0 Å². The molecule has 0 fully saturated rings. The molecule has 0 saturated carbocycles. The van der Waals surface area contributed by atoms with Gasteiger partial charge in [-0.2, -0.15) is 4.21 Å². The fourth-order valence-electron chi connectivity index (χ4n) is 0. The first-order valence-electron chi connectivity index (χ1n) is 1.18. The van der Waals surface area contributed by atoms with Crippen LogP contribution in [0.5, 0.6) is 0 Å². The molecule has 0 radical (unpaired) electrons. The molecule has 0 rings (SSSR count). The van der Waals surface area contributed by atoms with Gasteiger partial charge in [0.05, 0.1) is 0 Å². The van der Waals surface area contributed by atoms with Gasteiger partial charge in [-0.1, -0.05) is 0 Å². The molecule has 0 aromatic carbocycles. The molecule has 0 aliphatic heterocycles. The minimum absolute atomic E-state index is 0. The van der Waals surface area contributed by atoms with Crippen molar-refractivity contribution >= 4 is 47.1 Å². The van der Waals surface area contributed by atoms with Crippen LogP contribution in [0.4, 0.5) is 4.79 Å². The van der Waals surface area contributed by atoms with Gasteiger partial charge in [-0.05, 0) is 0 Å². The Labute approximate surface area is 75.3 Å². The molecule has 8 heteroatoms. The van der Waals surface area contributed by atoms with Crippen molar-refractivity contribution in [3.05, 3.63) is 0 Å². The van der Waals surface area contributed by atoms with Crippen molar-refractivity contribution in [3.63, 3.8) is 0 Å². The fraction of sp³-hybridized carbons (Fsp3) is 0. The van der Waals surface area contributed by atoms with E-state index in [9.17, 15) is 0 Å². The Morgan fingerprint density at radius 1 is 1.22 bits per heavy atom. The predicted octanol–water partition coefficient (Wildman–Crippen LogP) is -0.745. The van der Waals surface area contributed by atoms with Gasteiger partial charge in [0.2, 0.25) is 0 Å². The average molecular weight is 168 g/mol. The molecule has 0 aliphatic rings. The number of carboxylic acid groups (broad SMARTS) is 2. The molecular weight excluding hydrogens is 163 g/mol. The summed E-state index contributed by atoms with van der Waals surface area (Å²) in [6.07, 6.45) is -1.83. The van der Waals surface area contributed by atoms with Crippen molar-refractivity contribution in [3.8, 4) is 0 Å². The van der Waals surface area contributed by atoms with Gasteiger partial charge in [0.15, 0.2) is 0 Å². The molecule has 0 unspecified atom stereocenters. The first-order valence-corrected chi connectivity index (χ1v) is 2.25. The van der Waals surface area contributed by atoms with Crippen molar-refractivity contribution in [1.29, 1.82) is 0 Å². The molecule has 9 heavy (non-hydrogen) atoms. The number of hydrogen-bond acceptors (Lipinski definition) is 2. The van der Waals surface area contributed by atoms with Crippen LogP contribution in [0.25, 0.3) is 0 Å². The van der Waals surface area contributed by atoms with Crippen LogP contribution in [0.15, 0.2) is 0 Å². The molecule has 4 N–H and O–H groups in total. The molecule has 0 saturated heterocycles. The third kappa shape index (κ3) is 2900. The molecule has 0 aromatic rings. The second-order valence-corrected chi connectivity index (χ2v) is 0.975. The van der Waals surface area contributed by atoms with Gasteiger partial charge < -0.3 is 10.2 Å². The quantitative estimate of drug-likeness (QED) is 0.279. The SMILES string of the molecule is O=C(O)O.O=S(O)O.[NaH]. The monoisotopic (exact) mass is 168 g/mol. The van der Waals surface area contributed by atoms with Crippen molar-refractivity contribution < 1.29 is 28.3 Å². The van der Waals surface area contributed by atoms with E-state index in [1.54, 1.807) is 0 Å². The summed E-state index contributed by atoms with van der Waals surface area (Å²) >= 11 is -2.61. The Bertz CT molecular complexity index is 71.1. The average Bonchev–Trinajstić information content (AvgIpc) is 1.25. The van der Waals surface area contributed by atoms with Gasteiger partial charge in [0, 0.05) is 0 Å². The summed E-state index contributed by atoms with van der Waals surface area (Å²) in [6, 6.07) is 0. The summed E-state index contributed by atoms with van der Waals surface area (Å²) in [5.41, 5.74) is 0. The third-order valence-corrected chi connectivity index (χ3v) is 0. The van der Waals surface area contributed by atoms with Crippen molar-refractivity contribution in [2.75, 3.05) is 0 Å². The summed E-state index contributed by atoms with van der Waals surface area (Å²) in [5, 5.41) is 13.9. The fourth-order valence-corrected chi connectivity index (χ4v) is 0. The summed E-state index contributed by atoms with van der Waals surface area (Å²) in [6.45, 7) is 0. The van der Waals surface area contributed by atoms with Crippen LogP contribution in [0.2, 0.25) is 0 Å². The van der Waals surface area contributed by atoms with Crippen molar-refractivity contribution in [2.45, 2.75) is 0 Å². The van der Waals surface area contributed by atoms with Crippen LogP contribution in [-0.4, -0.2) is 59.2 Å². The number of carbonyl (C=O) groups is 1. The van der Waals surface area contributed by atoms with E-state index in [0.717, 1.165) is 0 Å². The topological polar surface area (TPSA) is 115 Å². The molecule has 0 atom stereocenters. The molecule has 0 heterocycles. The number of rotatable bonds is 0. The van der Waals surface area contributed by atoms with Crippen LogP contribution < -0.4 is 0 Å². The van der Waals surface area contributed by atoms with E-state index in [1.165, 1.54) is 0 Å². The van der Waals surface area contributed by atoms with Gasteiger partial charge in [-0.15, -0.1) is 0 Å². The molecule has 52 valence electrons. The molecule has 0 spiro atoms. The molecule has 0 aliphatic carbocycles. The van der Waals surface area contributed by atoms with Gasteiger partial charge in [0.25, 0.3) is 11.4 Å². The van der Waals surface area contributed by atoms with E-state index >= 15 is 0 Å². The minimum atomic E-state index is -2.61. The van der Waals surface area contributed by atoms with E-state index in [4.69, 9.17) is 28.3 Å². The van der Waals surface area contributed by atoms with Crippen LogP contribution in [-0.2, 0) is 11.4 Å². The zero-order valence-corrected chi connectivity index (χ0v) is 4.33. The summed E-state index contributed by atoms with van der Waals surface area (Å²) in [5.74, 6) is 0. The maximum absolute atomic E-state index is 8.67.